The SMILES string of the molecule is CC[C@H]1O[C@@H](n2cnc3c(=O)[nH]c(N)cc32)[C@H](O)[C@@H]1CCN=[N+]=[N-]. The van der Waals surface area contributed by atoms with Crippen molar-refractivity contribution in [2.75, 3.05) is 12.3 Å². The zero-order valence-corrected chi connectivity index (χ0v) is 13.2. The molecule has 3 rings (SSSR count). The maximum Gasteiger partial charge on any atom is 0.277 e. The number of nitrogens with one attached hydrogen (secondary N) is 1. The summed E-state index contributed by atoms with van der Waals surface area (Å²) >= 11 is 0. The Morgan fingerprint density at radius 2 is 2.42 bits per heavy atom. The number of aromatic nitrogens is 3. The molecule has 0 bridgehead atoms. The molecule has 0 aliphatic carbocycles. The second kappa shape index (κ2) is 6.52. The van der Waals surface area contributed by atoms with Gasteiger partial charge in [-0.15, -0.1) is 0 Å². The molecule has 4 N–H and O–H groups in total. The van der Waals surface area contributed by atoms with E-state index in [1.54, 1.807) is 10.6 Å². The average molecular weight is 333 g/mol. The van der Waals surface area contributed by atoms with Crippen LogP contribution in [0.25, 0.3) is 21.5 Å². The number of aliphatic hydroxyl groups is 1. The molecule has 3 heterocycles. The fraction of sp³-hybridized carbons (Fsp3) is 0.571. The molecule has 24 heavy (non-hydrogen) atoms. The molecule has 4 atom stereocenters. The Kier molecular flexibility index (Phi) is 4.43. The van der Waals surface area contributed by atoms with Crippen LogP contribution in [0.1, 0.15) is 26.0 Å². The molecular weight excluding hydrogens is 314 g/mol. The summed E-state index contributed by atoms with van der Waals surface area (Å²) in [5, 5.41) is 14.2. The lowest BCUT2D eigenvalue weighted by molar-refractivity contribution is -0.0352. The molecular formula is C14H19N7O3. The number of fused-ring (bicyclic) bond motifs is 1. The summed E-state index contributed by atoms with van der Waals surface area (Å²) in [6.45, 7) is 2.26. The topological polar surface area (TPSA) is 155 Å². The van der Waals surface area contributed by atoms with Gasteiger partial charge < -0.3 is 25.1 Å². The van der Waals surface area contributed by atoms with E-state index in [0.29, 0.717) is 24.9 Å². The van der Waals surface area contributed by atoms with E-state index in [9.17, 15) is 9.90 Å². The van der Waals surface area contributed by atoms with Crippen molar-refractivity contribution in [1.82, 2.24) is 14.5 Å². The van der Waals surface area contributed by atoms with Crippen molar-refractivity contribution < 1.29 is 9.84 Å². The number of aliphatic hydroxyl groups excluding tert-OH is 1. The van der Waals surface area contributed by atoms with Crippen molar-refractivity contribution in [2.45, 2.75) is 38.2 Å². The third-order valence-corrected chi connectivity index (χ3v) is 4.42. The maximum absolute atomic E-state index is 11.9. The van der Waals surface area contributed by atoms with Gasteiger partial charge in [0.15, 0.2) is 11.7 Å². The molecule has 0 unspecified atom stereocenters. The van der Waals surface area contributed by atoms with Crippen molar-refractivity contribution in [1.29, 1.82) is 0 Å². The van der Waals surface area contributed by atoms with Crippen LogP contribution in [0.3, 0.4) is 0 Å². The molecule has 10 nitrogen and oxygen atoms in total. The predicted octanol–water partition coefficient (Wildman–Crippen LogP) is 1.29. The summed E-state index contributed by atoms with van der Waals surface area (Å²) < 4.78 is 7.61. The van der Waals surface area contributed by atoms with Crippen LogP contribution < -0.4 is 11.3 Å². The van der Waals surface area contributed by atoms with E-state index in [1.165, 1.54) is 6.33 Å². The number of nitrogens with two attached hydrogens (primary N) is 1. The number of hydrogen-bond acceptors (Lipinski definition) is 6. The fourth-order valence-electron chi connectivity index (χ4n) is 3.29. The summed E-state index contributed by atoms with van der Waals surface area (Å²) in [5.74, 6) is 0.0518. The molecule has 1 aliphatic rings. The van der Waals surface area contributed by atoms with Gasteiger partial charge in [0.05, 0.1) is 17.9 Å². The van der Waals surface area contributed by atoms with Gasteiger partial charge in [0, 0.05) is 23.4 Å². The fourth-order valence-corrected chi connectivity index (χ4v) is 3.29. The summed E-state index contributed by atoms with van der Waals surface area (Å²) in [4.78, 5) is 21.2. The van der Waals surface area contributed by atoms with Crippen molar-refractivity contribution >= 4 is 16.9 Å². The summed E-state index contributed by atoms with van der Waals surface area (Å²) in [5.41, 5.74) is 14.5. The van der Waals surface area contributed by atoms with E-state index in [1.807, 2.05) is 6.92 Å². The van der Waals surface area contributed by atoms with Crippen LogP contribution in [0.15, 0.2) is 22.3 Å². The minimum absolute atomic E-state index is 0.165. The quantitative estimate of drug-likeness (QED) is 0.427. The van der Waals surface area contributed by atoms with Gasteiger partial charge in [0.25, 0.3) is 5.56 Å². The third kappa shape index (κ3) is 2.71. The molecule has 10 heteroatoms. The highest BCUT2D eigenvalue weighted by atomic mass is 16.5. The van der Waals surface area contributed by atoms with Crippen LogP contribution in [-0.4, -0.2) is 38.4 Å². The number of anilines is 1. The molecule has 0 aromatic carbocycles. The standard InChI is InChI=1S/C14H19N7O3/c1-2-9-7(3-4-18-20-16)12(22)14(24-9)21-6-17-11-8(21)5-10(15)19-13(11)23/h5-7,9,12,14,22H,2-4H2,1H3,(H3,15,19,23)/t7-,9-,12-,14-/m1/s1. The number of imidazole rings is 1. The monoisotopic (exact) mass is 333 g/mol. The Bertz CT molecular complexity index is 838. The number of pyridine rings is 1. The van der Waals surface area contributed by atoms with Crippen molar-refractivity contribution in [3.8, 4) is 0 Å². The number of rotatable bonds is 5. The van der Waals surface area contributed by atoms with Gasteiger partial charge in [-0.2, -0.15) is 0 Å². The highest BCUT2D eigenvalue weighted by molar-refractivity contribution is 5.76. The molecule has 0 amide bonds. The highest BCUT2D eigenvalue weighted by Gasteiger charge is 2.43. The number of hydrogen-bond donors (Lipinski definition) is 3. The zero-order valence-electron chi connectivity index (χ0n) is 13.2. The Hall–Kier alpha value is -2.55. The largest absolute Gasteiger partial charge is 0.388 e. The first-order chi connectivity index (χ1) is 11.6. The minimum Gasteiger partial charge on any atom is -0.388 e. The smallest absolute Gasteiger partial charge is 0.277 e. The summed E-state index contributed by atoms with van der Waals surface area (Å²) in [6.07, 6.45) is 1.06. The van der Waals surface area contributed by atoms with E-state index in [2.05, 4.69) is 20.0 Å². The van der Waals surface area contributed by atoms with Crippen LogP contribution in [0.2, 0.25) is 0 Å². The van der Waals surface area contributed by atoms with E-state index in [4.69, 9.17) is 16.0 Å². The minimum atomic E-state index is -0.804. The van der Waals surface area contributed by atoms with Gasteiger partial charge in [-0.1, -0.05) is 12.0 Å². The molecule has 2 aromatic rings. The second-order valence-corrected chi connectivity index (χ2v) is 5.81. The van der Waals surface area contributed by atoms with Crippen LogP contribution in [0.4, 0.5) is 5.82 Å². The average Bonchev–Trinajstić information content (AvgIpc) is 3.09. The third-order valence-electron chi connectivity index (χ3n) is 4.42. The Morgan fingerprint density at radius 1 is 1.62 bits per heavy atom. The number of aromatic amines is 1. The van der Waals surface area contributed by atoms with Gasteiger partial charge in [0.2, 0.25) is 0 Å². The Labute approximate surface area is 136 Å². The normalized spacial score (nSPS) is 26.6. The Balaban J connectivity index is 1.95. The molecule has 0 radical (unpaired) electrons. The van der Waals surface area contributed by atoms with Gasteiger partial charge in [-0.25, -0.2) is 4.98 Å². The number of azide groups is 1. The number of ether oxygens (including phenoxy) is 1. The van der Waals surface area contributed by atoms with E-state index >= 15 is 0 Å². The lowest BCUT2D eigenvalue weighted by Crippen LogP contribution is -2.27. The Morgan fingerprint density at radius 3 is 3.12 bits per heavy atom. The molecule has 2 aromatic heterocycles. The van der Waals surface area contributed by atoms with Gasteiger partial charge in [-0.3, -0.25) is 4.79 Å². The number of nitrogen functional groups attached to an aromatic ring is 1. The first-order valence-corrected chi connectivity index (χ1v) is 7.76. The van der Waals surface area contributed by atoms with E-state index in [0.717, 1.165) is 0 Å². The summed E-state index contributed by atoms with van der Waals surface area (Å²) in [6, 6.07) is 1.59. The first-order valence-electron chi connectivity index (χ1n) is 7.76. The van der Waals surface area contributed by atoms with Crippen LogP contribution in [-0.2, 0) is 4.74 Å². The molecule has 128 valence electrons. The molecule has 1 aliphatic heterocycles. The van der Waals surface area contributed by atoms with Crippen LogP contribution in [0.5, 0.6) is 0 Å². The van der Waals surface area contributed by atoms with E-state index < -0.39 is 12.3 Å². The van der Waals surface area contributed by atoms with Crippen LogP contribution in [0, 0.1) is 5.92 Å². The lowest BCUT2D eigenvalue weighted by Gasteiger charge is -2.19. The predicted molar refractivity (Wildman–Crippen MR) is 87.1 cm³/mol. The van der Waals surface area contributed by atoms with Crippen molar-refractivity contribution in [3.05, 3.63) is 33.2 Å². The number of nitrogens with zero attached hydrogens (tertiary/aromatic N) is 5. The van der Waals surface area contributed by atoms with E-state index in [-0.39, 0.29) is 28.9 Å². The summed E-state index contributed by atoms with van der Waals surface area (Å²) in [7, 11) is 0. The molecule has 0 saturated carbocycles. The van der Waals surface area contributed by atoms with Gasteiger partial charge in [0.1, 0.15) is 11.9 Å². The second-order valence-electron chi connectivity index (χ2n) is 5.81. The molecule has 1 saturated heterocycles. The van der Waals surface area contributed by atoms with Crippen molar-refractivity contribution in [3.63, 3.8) is 0 Å². The first kappa shape index (κ1) is 16.3. The van der Waals surface area contributed by atoms with Gasteiger partial charge in [-0.05, 0) is 18.4 Å². The highest BCUT2D eigenvalue weighted by Crippen LogP contribution is 2.38. The van der Waals surface area contributed by atoms with Crippen LogP contribution >= 0.6 is 0 Å². The molecule has 0 spiro atoms. The maximum atomic E-state index is 11.9. The zero-order chi connectivity index (χ0) is 17.3. The van der Waals surface area contributed by atoms with Crippen molar-refractivity contribution in [2.24, 2.45) is 11.0 Å². The number of H-pyrrole nitrogens is 1. The lowest BCUT2D eigenvalue weighted by atomic mass is 9.93. The molecule has 1 fully saturated rings. The van der Waals surface area contributed by atoms with Gasteiger partial charge >= 0.3 is 0 Å².